The zero-order chi connectivity index (χ0) is 20.5. The van der Waals surface area contributed by atoms with Crippen molar-refractivity contribution in [3.05, 3.63) is 88.0 Å². The van der Waals surface area contributed by atoms with Gasteiger partial charge in [-0.2, -0.15) is 5.10 Å². The van der Waals surface area contributed by atoms with Crippen LogP contribution >= 0.6 is 15.9 Å². The highest BCUT2D eigenvalue weighted by molar-refractivity contribution is 9.10. The fraction of sp³-hybridized carbons (Fsp3) is 0.292. The molecule has 0 N–H and O–H groups in total. The first-order chi connectivity index (χ1) is 14.6. The van der Waals surface area contributed by atoms with Gasteiger partial charge in [0.25, 0.3) is 0 Å². The molecule has 0 atom stereocenters. The van der Waals surface area contributed by atoms with Crippen LogP contribution in [-0.4, -0.2) is 24.9 Å². The summed E-state index contributed by atoms with van der Waals surface area (Å²) in [6.07, 6.45) is 12.6. The van der Waals surface area contributed by atoms with Crippen LogP contribution in [0.25, 0.3) is 5.65 Å². The predicted octanol–water partition coefficient (Wildman–Crippen LogP) is 5.42. The average Bonchev–Trinajstić information content (AvgIpc) is 3.35. The van der Waals surface area contributed by atoms with Crippen LogP contribution in [0.1, 0.15) is 58.8 Å². The van der Waals surface area contributed by atoms with Gasteiger partial charge in [-0.05, 0) is 60.9 Å². The lowest BCUT2D eigenvalue weighted by Crippen LogP contribution is -2.01. The Bertz CT molecular complexity index is 1200. The molecule has 5 nitrogen and oxygen atoms in total. The minimum atomic E-state index is 0.139. The molecule has 0 radical (unpaired) electrons. The Hall–Kier alpha value is -2.73. The van der Waals surface area contributed by atoms with Crippen LogP contribution < -0.4 is 0 Å². The van der Waals surface area contributed by atoms with Gasteiger partial charge in [0.2, 0.25) is 0 Å². The number of imidazole rings is 1. The zero-order valence-corrected chi connectivity index (χ0v) is 18.3. The van der Waals surface area contributed by atoms with Crippen molar-refractivity contribution in [1.29, 1.82) is 0 Å². The maximum atomic E-state index is 12.5. The van der Waals surface area contributed by atoms with Gasteiger partial charge in [0, 0.05) is 29.5 Å². The molecule has 1 saturated carbocycles. The van der Waals surface area contributed by atoms with E-state index in [4.69, 9.17) is 0 Å². The molecule has 0 spiro atoms. The Labute approximate surface area is 183 Å². The van der Waals surface area contributed by atoms with E-state index in [0.29, 0.717) is 18.5 Å². The lowest BCUT2D eigenvalue weighted by Gasteiger charge is -2.01. The number of halogens is 1. The minimum Gasteiger partial charge on any atom is -0.306 e. The fourth-order valence-electron chi connectivity index (χ4n) is 3.85. The van der Waals surface area contributed by atoms with Crippen molar-refractivity contribution in [2.45, 2.75) is 44.6 Å². The van der Waals surface area contributed by atoms with Crippen molar-refractivity contribution in [3.63, 3.8) is 0 Å². The molecule has 3 aromatic heterocycles. The third-order valence-corrected chi connectivity index (χ3v) is 6.10. The second-order valence-corrected chi connectivity index (χ2v) is 8.98. The monoisotopic (exact) mass is 462 g/mol. The summed E-state index contributed by atoms with van der Waals surface area (Å²) in [6.45, 7) is 0.561. The van der Waals surface area contributed by atoms with E-state index in [-0.39, 0.29) is 5.78 Å². The van der Waals surface area contributed by atoms with E-state index in [1.807, 2.05) is 18.3 Å². The van der Waals surface area contributed by atoms with Gasteiger partial charge in [0.1, 0.15) is 5.65 Å². The Kier molecular flexibility index (Phi) is 5.25. The van der Waals surface area contributed by atoms with E-state index in [2.05, 4.69) is 67.1 Å². The van der Waals surface area contributed by atoms with Crippen LogP contribution in [0.5, 0.6) is 0 Å². The summed E-state index contributed by atoms with van der Waals surface area (Å²) in [5, 5.41) is 4.38. The van der Waals surface area contributed by atoms with E-state index in [1.165, 1.54) is 24.0 Å². The van der Waals surface area contributed by atoms with Crippen molar-refractivity contribution >= 4 is 27.4 Å². The first-order valence-corrected chi connectivity index (χ1v) is 11.2. The number of benzene rings is 1. The number of carbonyl (C=O) groups is 1. The average molecular weight is 463 g/mol. The number of aromatic nitrogens is 4. The molecule has 152 valence electrons. The highest BCUT2D eigenvalue weighted by Crippen LogP contribution is 2.39. The van der Waals surface area contributed by atoms with Gasteiger partial charge in [-0.25, -0.2) is 4.98 Å². The van der Waals surface area contributed by atoms with Crippen molar-refractivity contribution in [1.82, 2.24) is 19.2 Å². The quantitative estimate of drug-likeness (QED) is 0.328. The number of pyridine rings is 1. The molecule has 1 aliphatic rings. The predicted molar refractivity (Wildman–Crippen MR) is 120 cm³/mol. The molecule has 0 bridgehead atoms. The molecule has 3 heterocycles. The molecular weight excluding hydrogens is 440 g/mol. The number of hydrogen-bond donors (Lipinski definition) is 0. The Balaban J connectivity index is 1.19. The highest BCUT2D eigenvalue weighted by atomic mass is 79.9. The normalized spacial score (nSPS) is 13.8. The number of Topliss-reactive ketones (excluding diaryl/α,β-unsaturated/α-hetero) is 1. The molecule has 1 aliphatic carbocycles. The van der Waals surface area contributed by atoms with E-state index >= 15 is 0 Å². The summed E-state index contributed by atoms with van der Waals surface area (Å²) in [4.78, 5) is 17.2. The summed E-state index contributed by atoms with van der Waals surface area (Å²) in [5.74, 6) is 0.865. The van der Waals surface area contributed by atoms with Gasteiger partial charge in [0.05, 0.1) is 24.0 Å². The number of aryl methyl sites for hydroxylation is 1. The van der Waals surface area contributed by atoms with Gasteiger partial charge in [-0.15, -0.1) is 0 Å². The first-order valence-electron chi connectivity index (χ1n) is 10.4. The van der Waals surface area contributed by atoms with E-state index < -0.39 is 0 Å². The molecule has 0 unspecified atom stereocenters. The van der Waals surface area contributed by atoms with E-state index in [9.17, 15) is 4.79 Å². The first kappa shape index (κ1) is 19.2. The molecule has 1 fully saturated rings. The van der Waals surface area contributed by atoms with Gasteiger partial charge < -0.3 is 4.40 Å². The lowest BCUT2D eigenvalue weighted by atomic mass is 10.0. The second kappa shape index (κ2) is 8.19. The maximum Gasteiger partial charge on any atom is 0.166 e. The zero-order valence-electron chi connectivity index (χ0n) is 16.7. The Morgan fingerprint density at radius 3 is 2.87 bits per heavy atom. The van der Waals surface area contributed by atoms with Crippen LogP contribution in [0.15, 0.2) is 65.7 Å². The van der Waals surface area contributed by atoms with Crippen molar-refractivity contribution in [3.8, 4) is 0 Å². The smallest absolute Gasteiger partial charge is 0.166 e. The summed E-state index contributed by atoms with van der Waals surface area (Å²) < 4.78 is 4.97. The number of rotatable bonds is 8. The number of hydrogen-bond acceptors (Lipinski definition) is 3. The van der Waals surface area contributed by atoms with Crippen LogP contribution in [0.3, 0.4) is 0 Å². The summed E-state index contributed by atoms with van der Waals surface area (Å²) in [7, 11) is 0. The summed E-state index contributed by atoms with van der Waals surface area (Å²) in [6, 6.07) is 12.5. The van der Waals surface area contributed by atoms with Crippen LogP contribution in [0.4, 0.5) is 0 Å². The number of fused-ring (bicyclic) bond motifs is 1. The van der Waals surface area contributed by atoms with Crippen LogP contribution in [-0.2, 0) is 13.0 Å². The topological polar surface area (TPSA) is 52.2 Å². The van der Waals surface area contributed by atoms with Gasteiger partial charge >= 0.3 is 0 Å². The molecule has 30 heavy (non-hydrogen) atoms. The molecular formula is C24H23BrN4O. The van der Waals surface area contributed by atoms with Gasteiger partial charge in [-0.3, -0.25) is 9.48 Å². The summed E-state index contributed by atoms with van der Waals surface area (Å²) >= 11 is 3.49. The Morgan fingerprint density at radius 2 is 2.03 bits per heavy atom. The molecule has 4 aromatic rings. The van der Waals surface area contributed by atoms with Gasteiger partial charge in [0.15, 0.2) is 5.78 Å². The SMILES string of the molecule is O=C(CCCc1cccc(Br)c1)c1cnn(Cc2cn3cc(C4CC4)ccc3n2)c1. The standard InChI is InChI=1S/C24H23BrN4O/c25-21-5-1-3-17(11-21)4-2-6-23(30)20-12-26-29(14-20)16-22-15-28-13-19(18-7-8-18)9-10-24(28)27-22/h1,3,5,9-15,18H,2,4,6-8,16H2. The van der Waals surface area contributed by atoms with Crippen LogP contribution in [0, 0.1) is 0 Å². The third kappa shape index (κ3) is 4.38. The number of nitrogens with zero attached hydrogens (tertiary/aromatic N) is 4. The molecule has 6 heteroatoms. The third-order valence-electron chi connectivity index (χ3n) is 5.61. The molecule has 1 aromatic carbocycles. The van der Waals surface area contributed by atoms with Crippen molar-refractivity contribution in [2.24, 2.45) is 0 Å². The van der Waals surface area contributed by atoms with E-state index in [0.717, 1.165) is 34.6 Å². The molecule has 0 amide bonds. The largest absolute Gasteiger partial charge is 0.306 e. The van der Waals surface area contributed by atoms with Crippen molar-refractivity contribution < 1.29 is 4.79 Å². The van der Waals surface area contributed by atoms with Gasteiger partial charge in [-0.1, -0.05) is 34.1 Å². The lowest BCUT2D eigenvalue weighted by molar-refractivity contribution is 0.0980. The number of carbonyl (C=O) groups excluding carboxylic acids is 1. The molecule has 0 aliphatic heterocycles. The molecule has 5 rings (SSSR count). The van der Waals surface area contributed by atoms with Crippen LogP contribution in [0.2, 0.25) is 0 Å². The van der Waals surface area contributed by atoms with E-state index in [1.54, 1.807) is 10.9 Å². The van der Waals surface area contributed by atoms with Crippen molar-refractivity contribution in [2.75, 3.05) is 0 Å². The summed E-state index contributed by atoms with van der Waals surface area (Å²) in [5.41, 5.74) is 5.19. The highest BCUT2D eigenvalue weighted by Gasteiger charge is 2.23. The number of ketones is 1. The Morgan fingerprint density at radius 1 is 1.13 bits per heavy atom. The minimum absolute atomic E-state index is 0.139. The fourth-order valence-corrected chi connectivity index (χ4v) is 4.29. The maximum absolute atomic E-state index is 12.5. The second-order valence-electron chi connectivity index (χ2n) is 8.07. The molecule has 0 saturated heterocycles.